The summed E-state index contributed by atoms with van der Waals surface area (Å²) in [4.78, 5) is 27.4. The molecule has 1 saturated heterocycles. The summed E-state index contributed by atoms with van der Waals surface area (Å²) in [5.74, 6) is -0.145. The number of benzene rings is 1. The second kappa shape index (κ2) is 8.16. The number of rotatable bonds is 8. The van der Waals surface area contributed by atoms with Crippen LogP contribution in [0.2, 0.25) is 19.6 Å². The molecule has 0 saturated carbocycles. The Labute approximate surface area is 173 Å². The number of hydrogen-bond donors (Lipinski definition) is 0. The van der Waals surface area contributed by atoms with E-state index in [1.165, 1.54) is 6.08 Å². The first-order chi connectivity index (χ1) is 13.7. The molecule has 2 aliphatic heterocycles. The molecule has 29 heavy (non-hydrogen) atoms. The summed E-state index contributed by atoms with van der Waals surface area (Å²) >= 11 is 0. The monoisotopic (exact) mass is 415 g/mol. The highest BCUT2D eigenvalue weighted by Gasteiger charge is 2.57. The molecular weight excluding hydrogens is 386 g/mol. The highest BCUT2D eigenvalue weighted by Crippen LogP contribution is 2.48. The Morgan fingerprint density at radius 1 is 1.38 bits per heavy atom. The van der Waals surface area contributed by atoms with Gasteiger partial charge in [-0.25, -0.2) is 4.79 Å². The lowest BCUT2D eigenvalue weighted by Gasteiger charge is -2.47. The second-order valence-corrected chi connectivity index (χ2v) is 12.8. The predicted octanol–water partition coefficient (Wildman–Crippen LogP) is 3.61. The maximum absolute atomic E-state index is 13.0. The third-order valence-corrected chi connectivity index (χ3v) is 6.28. The summed E-state index contributed by atoms with van der Waals surface area (Å²) in [6.07, 6.45) is 1.91. The fourth-order valence-corrected chi connectivity index (χ4v) is 5.41. The molecular formula is C22H29NO5Si. The number of ether oxygens (including phenoxy) is 2. The normalized spacial score (nSPS) is 22.1. The lowest BCUT2D eigenvalue weighted by Crippen LogP contribution is -2.63. The molecule has 7 heteroatoms. The number of fused-ring (bicyclic) bond motifs is 1. The van der Waals surface area contributed by atoms with Gasteiger partial charge in [-0.05, 0) is 56.3 Å². The Bertz CT molecular complexity index is 857. The fraction of sp³-hybridized carbons (Fsp3) is 0.455. The minimum Gasteiger partial charge on any atom is -0.497 e. The summed E-state index contributed by atoms with van der Waals surface area (Å²) in [7, 11) is -0.192. The van der Waals surface area contributed by atoms with E-state index in [1.54, 1.807) is 12.0 Å². The summed E-state index contributed by atoms with van der Waals surface area (Å²) in [6, 6.07) is 7.43. The predicted molar refractivity (Wildman–Crippen MR) is 114 cm³/mol. The SMILES string of the molecule is C=CCOC(=O)C1=C(c2cccc(OC)c2)C[C@@H]2[C@@H]([C@@H](C)O[Si](C)(C)C)C(=O)N12. The number of amides is 1. The van der Waals surface area contributed by atoms with Crippen LogP contribution in [-0.2, 0) is 18.8 Å². The van der Waals surface area contributed by atoms with E-state index in [4.69, 9.17) is 13.9 Å². The van der Waals surface area contributed by atoms with Gasteiger partial charge in [0.25, 0.3) is 0 Å². The second-order valence-electron chi connectivity index (χ2n) is 8.39. The Morgan fingerprint density at radius 2 is 2.10 bits per heavy atom. The van der Waals surface area contributed by atoms with Gasteiger partial charge < -0.3 is 18.8 Å². The molecule has 0 aliphatic carbocycles. The van der Waals surface area contributed by atoms with E-state index in [1.807, 2.05) is 31.2 Å². The Hall–Kier alpha value is -2.38. The highest BCUT2D eigenvalue weighted by molar-refractivity contribution is 6.69. The molecule has 0 bridgehead atoms. The van der Waals surface area contributed by atoms with Gasteiger partial charge in [-0.3, -0.25) is 4.79 Å². The number of methoxy groups -OCH3 is 1. The standard InChI is InChI=1S/C22H29NO5Si/c1-7-11-27-22(25)20-17(15-9-8-10-16(12-15)26-3)13-18-19(21(24)23(18)20)14(2)28-29(4,5)6/h7-10,12,14,18-19H,1,11,13H2,2-6H3/t14-,18-,19-/m1/s1. The van der Waals surface area contributed by atoms with Crippen LogP contribution in [0.1, 0.15) is 18.9 Å². The Balaban J connectivity index is 1.94. The highest BCUT2D eigenvalue weighted by atomic mass is 28.4. The molecule has 0 N–H and O–H groups in total. The molecule has 6 nitrogen and oxygen atoms in total. The molecule has 0 spiro atoms. The number of carbonyl (C=O) groups is 2. The van der Waals surface area contributed by atoms with Crippen LogP contribution < -0.4 is 4.74 Å². The molecule has 2 aliphatic rings. The van der Waals surface area contributed by atoms with Crippen LogP contribution in [0, 0.1) is 5.92 Å². The van der Waals surface area contributed by atoms with E-state index in [0.29, 0.717) is 17.9 Å². The van der Waals surface area contributed by atoms with Crippen molar-refractivity contribution < 1.29 is 23.5 Å². The Morgan fingerprint density at radius 3 is 2.72 bits per heavy atom. The van der Waals surface area contributed by atoms with Gasteiger partial charge in [0.05, 0.1) is 25.2 Å². The lowest BCUT2D eigenvalue weighted by molar-refractivity contribution is -0.161. The summed E-state index contributed by atoms with van der Waals surface area (Å²) in [5, 5.41) is 0. The van der Waals surface area contributed by atoms with Gasteiger partial charge in [0.2, 0.25) is 5.91 Å². The first kappa shape index (κ1) is 21.3. The van der Waals surface area contributed by atoms with Crippen LogP contribution in [0.4, 0.5) is 0 Å². The maximum atomic E-state index is 13.0. The number of hydrogen-bond acceptors (Lipinski definition) is 5. The minimum atomic E-state index is -1.79. The summed E-state index contributed by atoms with van der Waals surface area (Å²) in [5.41, 5.74) is 1.99. The zero-order chi connectivity index (χ0) is 21.3. The smallest absolute Gasteiger partial charge is 0.355 e. The van der Waals surface area contributed by atoms with Crippen LogP contribution in [-0.4, -0.2) is 51.0 Å². The average Bonchev–Trinajstić information content (AvgIpc) is 2.99. The molecule has 0 aromatic heterocycles. The van der Waals surface area contributed by atoms with Crippen LogP contribution in [0.25, 0.3) is 5.57 Å². The van der Waals surface area contributed by atoms with Gasteiger partial charge in [-0.1, -0.05) is 24.8 Å². The van der Waals surface area contributed by atoms with Crippen LogP contribution in [0.15, 0.2) is 42.6 Å². The third kappa shape index (κ3) is 4.16. The molecule has 3 rings (SSSR count). The zero-order valence-corrected chi connectivity index (χ0v) is 18.7. The Kier molecular flexibility index (Phi) is 6.00. The van der Waals surface area contributed by atoms with Gasteiger partial charge in [0.15, 0.2) is 8.32 Å². The van der Waals surface area contributed by atoms with E-state index in [0.717, 1.165) is 11.1 Å². The fourth-order valence-electron chi connectivity index (χ4n) is 4.15. The summed E-state index contributed by atoms with van der Waals surface area (Å²) in [6.45, 7) is 12.0. The largest absolute Gasteiger partial charge is 0.497 e. The van der Waals surface area contributed by atoms with Gasteiger partial charge >= 0.3 is 5.97 Å². The first-order valence-electron chi connectivity index (χ1n) is 9.84. The topological polar surface area (TPSA) is 65.1 Å². The molecule has 1 aromatic rings. The first-order valence-corrected chi connectivity index (χ1v) is 13.2. The van der Waals surface area contributed by atoms with E-state index in [-0.39, 0.29) is 30.6 Å². The molecule has 0 unspecified atom stereocenters. The molecule has 0 radical (unpaired) electrons. The molecule has 1 fully saturated rings. The molecule has 2 heterocycles. The molecule has 1 amide bonds. The van der Waals surface area contributed by atoms with Crippen molar-refractivity contribution in [3.05, 3.63) is 48.2 Å². The van der Waals surface area contributed by atoms with Crippen molar-refractivity contribution in [2.45, 2.75) is 45.1 Å². The molecule has 156 valence electrons. The van der Waals surface area contributed by atoms with Crippen molar-refractivity contribution in [3.63, 3.8) is 0 Å². The van der Waals surface area contributed by atoms with E-state index < -0.39 is 14.3 Å². The van der Waals surface area contributed by atoms with Crippen molar-refractivity contribution in [2.75, 3.05) is 13.7 Å². The van der Waals surface area contributed by atoms with Crippen molar-refractivity contribution in [1.29, 1.82) is 0 Å². The number of nitrogens with zero attached hydrogens (tertiary/aromatic N) is 1. The zero-order valence-electron chi connectivity index (χ0n) is 17.7. The molecule has 1 aromatic carbocycles. The van der Waals surface area contributed by atoms with Crippen molar-refractivity contribution in [1.82, 2.24) is 4.90 Å². The maximum Gasteiger partial charge on any atom is 0.355 e. The number of esters is 1. The lowest BCUT2D eigenvalue weighted by atomic mass is 9.82. The summed E-state index contributed by atoms with van der Waals surface area (Å²) < 4.78 is 16.8. The van der Waals surface area contributed by atoms with Crippen LogP contribution >= 0.6 is 0 Å². The van der Waals surface area contributed by atoms with E-state index in [9.17, 15) is 9.59 Å². The average molecular weight is 416 g/mol. The van der Waals surface area contributed by atoms with Crippen LogP contribution in [0.5, 0.6) is 5.75 Å². The quantitative estimate of drug-likeness (QED) is 0.281. The van der Waals surface area contributed by atoms with E-state index >= 15 is 0 Å². The van der Waals surface area contributed by atoms with E-state index in [2.05, 4.69) is 26.2 Å². The van der Waals surface area contributed by atoms with Gasteiger partial charge in [0.1, 0.15) is 18.1 Å². The van der Waals surface area contributed by atoms with Gasteiger partial charge in [-0.15, -0.1) is 0 Å². The molecule has 3 atom stereocenters. The van der Waals surface area contributed by atoms with Crippen molar-refractivity contribution >= 4 is 25.8 Å². The number of β-lactam (4-membered cyclic amide) rings is 1. The van der Waals surface area contributed by atoms with Crippen molar-refractivity contribution in [3.8, 4) is 5.75 Å². The minimum absolute atomic E-state index is 0.0794. The number of carbonyl (C=O) groups excluding carboxylic acids is 2. The van der Waals surface area contributed by atoms with Gasteiger partial charge in [-0.2, -0.15) is 0 Å². The van der Waals surface area contributed by atoms with Crippen molar-refractivity contribution in [2.24, 2.45) is 5.92 Å². The van der Waals surface area contributed by atoms with Crippen LogP contribution in [0.3, 0.4) is 0 Å². The van der Waals surface area contributed by atoms with Gasteiger partial charge in [0, 0.05) is 0 Å². The third-order valence-electron chi connectivity index (χ3n) is 5.20.